The number of nitrogen functional groups attached to an aromatic ring is 1. The minimum atomic E-state index is 0.652. The van der Waals surface area contributed by atoms with Gasteiger partial charge in [-0.15, -0.1) is 0 Å². The summed E-state index contributed by atoms with van der Waals surface area (Å²) < 4.78 is 5.27. The third-order valence-electron chi connectivity index (χ3n) is 3.24. The molecule has 0 saturated carbocycles. The molecular weight excluding hydrogens is 266 g/mol. The molecule has 0 aliphatic heterocycles. The Morgan fingerprint density at radius 1 is 1.24 bits per heavy atom. The zero-order chi connectivity index (χ0) is 15.2. The zero-order valence-electron chi connectivity index (χ0n) is 12.6. The third-order valence-corrected chi connectivity index (χ3v) is 3.24. The molecule has 2 aromatic rings. The fourth-order valence-electron chi connectivity index (χ4n) is 2.22. The molecule has 1 aromatic heterocycles. The van der Waals surface area contributed by atoms with E-state index in [0.717, 1.165) is 41.2 Å². The van der Waals surface area contributed by atoms with Gasteiger partial charge in [-0.1, -0.05) is 13.3 Å². The highest BCUT2D eigenvalue weighted by molar-refractivity contribution is 5.65. The van der Waals surface area contributed by atoms with Gasteiger partial charge in [-0.05, 0) is 37.1 Å². The van der Waals surface area contributed by atoms with Crippen LogP contribution in [0.5, 0.6) is 5.75 Å². The zero-order valence-corrected chi connectivity index (χ0v) is 12.6. The lowest BCUT2D eigenvalue weighted by molar-refractivity contribution is 0.412. The van der Waals surface area contributed by atoms with E-state index in [9.17, 15) is 0 Å². The number of benzene rings is 1. The normalized spacial score (nSPS) is 10.3. The van der Waals surface area contributed by atoms with Gasteiger partial charge in [0.15, 0.2) is 0 Å². The van der Waals surface area contributed by atoms with Crippen molar-refractivity contribution in [2.75, 3.05) is 17.9 Å². The summed E-state index contributed by atoms with van der Waals surface area (Å²) in [6, 6.07) is 5.91. The second-order valence-corrected chi connectivity index (χ2v) is 4.75. The fraction of sp³-hybridized carbons (Fsp3) is 0.333. The average molecular weight is 287 g/mol. The molecule has 0 saturated heterocycles. The van der Waals surface area contributed by atoms with Crippen LogP contribution in [0, 0.1) is 6.92 Å². The van der Waals surface area contributed by atoms with E-state index in [0.29, 0.717) is 5.82 Å². The van der Waals surface area contributed by atoms with Crippen molar-refractivity contribution in [1.82, 2.24) is 9.97 Å². The van der Waals surface area contributed by atoms with Crippen molar-refractivity contribution in [3.8, 4) is 5.75 Å². The minimum Gasteiger partial charge on any atom is -0.496 e. The van der Waals surface area contributed by atoms with Gasteiger partial charge in [-0.25, -0.2) is 15.8 Å². The maximum Gasteiger partial charge on any atom is 0.148 e. The predicted octanol–water partition coefficient (Wildman–Crippen LogP) is 2.78. The second kappa shape index (κ2) is 6.90. The molecule has 0 radical (unpaired) electrons. The SMILES string of the molecule is CCCc1c(NN)ncnc1Nc1ccc(OC)c(C)c1. The Morgan fingerprint density at radius 2 is 2.00 bits per heavy atom. The Kier molecular flexibility index (Phi) is 4.94. The molecule has 0 fully saturated rings. The highest BCUT2D eigenvalue weighted by Crippen LogP contribution is 2.27. The first kappa shape index (κ1) is 15.1. The number of rotatable bonds is 6. The number of aryl methyl sites for hydroxylation is 1. The topological polar surface area (TPSA) is 85.1 Å². The lowest BCUT2D eigenvalue weighted by atomic mass is 10.1. The van der Waals surface area contributed by atoms with Gasteiger partial charge in [-0.3, -0.25) is 0 Å². The molecule has 112 valence electrons. The van der Waals surface area contributed by atoms with Crippen LogP contribution in [0.25, 0.3) is 0 Å². The molecule has 0 amide bonds. The van der Waals surface area contributed by atoms with Crippen molar-refractivity contribution >= 4 is 17.3 Å². The van der Waals surface area contributed by atoms with Gasteiger partial charge in [0.2, 0.25) is 0 Å². The number of nitrogens with two attached hydrogens (primary N) is 1. The van der Waals surface area contributed by atoms with Gasteiger partial charge in [0.1, 0.15) is 23.7 Å². The van der Waals surface area contributed by atoms with Crippen molar-refractivity contribution in [3.05, 3.63) is 35.7 Å². The van der Waals surface area contributed by atoms with Gasteiger partial charge in [0.05, 0.1) is 7.11 Å². The van der Waals surface area contributed by atoms with Gasteiger partial charge in [-0.2, -0.15) is 0 Å². The lowest BCUT2D eigenvalue weighted by Crippen LogP contribution is -2.13. The Balaban J connectivity index is 2.32. The van der Waals surface area contributed by atoms with Gasteiger partial charge < -0.3 is 15.5 Å². The van der Waals surface area contributed by atoms with Crippen LogP contribution in [0.15, 0.2) is 24.5 Å². The minimum absolute atomic E-state index is 0.652. The van der Waals surface area contributed by atoms with E-state index < -0.39 is 0 Å². The standard InChI is InChI=1S/C15H21N5O/c1-4-5-12-14(17-9-18-15(12)20-16)19-11-6-7-13(21-3)10(2)8-11/h6-9H,4-5,16H2,1-3H3,(H2,17,18,19,20). The Morgan fingerprint density at radius 3 is 2.62 bits per heavy atom. The van der Waals surface area contributed by atoms with Crippen LogP contribution in [-0.2, 0) is 6.42 Å². The molecule has 6 heteroatoms. The summed E-state index contributed by atoms with van der Waals surface area (Å²) in [7, 11) is 1.67. The van der Waals surface area contributed by atoms with Crippen LogP contribution in [0.2, 0.25) is 0 Å². The molecule has 1 heterocycles. The van der Waals surface area contributed by atoms with Crippen LogP contribution in [0.1, 0.15) is 24.5 Å². The van der Waals surface area contributed by atoms with Crippen LogP contribution >= 0.6 is 0 Å². The van der Waals surface area contributed by atoms with E-state index >= 15 is 0 Å². The Bertz CT molecular complexity index is 615. The summed E-state index contributed by atoms with van der Waals surface area (Å²) >= 11 is 0. The number of nitrogens with zero attached hydrogens (tertiary/aromatic N) is 2. The number of hydrogen-bond donors (Lipinski definition) is 3. The van der Waals surface area contributed by atoms with E-state index in [2.05, 4.69) is 27.6 Å². The number of aromatic nitrogens is 2. The summed E-state index contributed by atoms with van der Waals surface area (Å²) in [5.41, 5.74) is 5.62. The smallest absolute Gasteiger partial charge is 0.148 e. The van der Waals surface area contributed by atoms with Crippen LogP contribution < -0.4 is 21.3 Å². The van der Waals surface area contributed by atoms with Crippen LogP contribution in [-0.4, -0.2) is 17.1 Å². The highest BCUT2D eigenvalue weighted by atomic mass is 16.5. The average Bonchev–Trinajstić information content (AvgIpc) is 2.49. The number of hydrazine groups is 1. The van der Waals surface area contributed by atoms with E-state index in [4.69, 9.17) is 10.6 Å². The Labute approximate surface area is 124 Å². The fourth-order valence-corrected chi connectivity index (χ4v) is 2.22. The molecule has 0 aliphatic carbocycles. The number of methoxy groups -OCH3 is 1. The molecule has 0 atom stereocenters. The van der Waals surface area contributed by atoms with E-state index in [1.54, 1.807) is 7.11 Å². The van der Waals surface area contributed by atoms with E-state index in [1.165, 1.54) is 6.33 Å². The lowest BCUT2D eigenvalue weighted by Gasteiger charge is -2.14. The van der Waals surface area contributed by atoms with Crippen LogP contribution in [0.3, 0.4) is 0 Å². The molecular formula is C15H21N5O. The number of ether oxygens (including phenoxy) is 1. The predicted molar refractivity (Wildman–Crippen MR) is 84.9 cm³/mol. The van der Waals surface area contributed by atoms with Crippen molar-refractivity contribution < 1.29 is 4.74 Å². The first-order valence-corrected chi connectivity index (χ1v) is 6.91. The molecule has 0 unspecified atom stereocenters. The molecule has 2 rings (SSSR count). The number of nitrogens with one attached hydrogen (secondary N) is 2. The highest BCUT2D eigenvalue weighted by Gasteiger charge is 2.10. The molecule has 0 aliphatic rings. The third kappa shape index (κ3) is 3.41. The monoisotopic (exact) mass is 287 g/mol. The molecule has 0 bridgehead atoms. The van der Waals surface area contributed by atoms with E-state index in [1.807, 2.05) is 25.1 Å². The van der Waals surface area contributed by atoms with Crippen molar-refractivity contribution in [1.29, 1.82) is 0 Å². The second-order valence-electron chi connectivity index (χ2n) is 4.75. The summed E-state index contributed by atoms with van der Waals surface area (Å²) in [6.45, 7) is 4.11. The quantitative estimate of drug-likeness (QED) is 0.559. The van der Waals surface area contributed by atoms with Crippen molar-refractivity contribution in [2.45, 2.75) is 26.7 Å². The van der Waals surface area contributed by atoms with Gasteiger partial charge in [0, 0.05) is 11.3 Å². The molecule has 0 spiro atoms. The Hall–Kier alpha value is -2.34. The summed E-state index contributed by atoms with van der Waals surface area (Å²) in [5.74, 6) is 7.80. The summed E-state index contributed by atoms with van der Waals surface area (Å²) in [5, 5.41) is 3.32. The van der Waals surface area contributed by atoms with Crippen molar-refractivity contribution in [2.24, 2.45) is 5.84 Å². The first-order chi connectivity index (χ1) is 10.2. The molecule has 6 nitrogen and oxygen atoms in total. The van der Waals surface area contributed by atoms with E-state index in [-0.39, 0.29) is 0 Å². The maximum absolute atomic E-state index is 5.52. The molecule has 21 heavy (non-hydrogen) atoms. The number of hydrogen-bond acceptors (Lipinski definition) is 6. The first-order valence-electron chi connectivity index (χ1n) is 6.91. The summed E-state index contributed by atoms with van der Waals surface area (Å²) in [6.07, 6.45) is 3.32. The maximum atomic E-state index is 5.52. The summed E-state index contributed by atoms with van der Waals surface area (Å²) in [4.78, 5) is 8.48. The molecule has 4 N–H and O–H groups in total. The van der Waals surface area contributed by atoms with Gasteiger partial charge >= 0.3 is 0 Å². The largest absolute Gasteiger partial charge is 0.496 e. The molecule has 1 aromatic carbocycles. The van der Waals surface area contributed by atoms with Crippen LogP contribution in [0.4, 0.5) is 17.3 Å². The number of anilines is 3. The van der Waals surface area contributed by atoms with Gasteiger partial charge in [0.25, 0.3) is 0 Å². The van der Waals surface area contributed by atoms with Crippen molar-refractivity contribution in [3.63, 3.8) is 0 Å².